The molecular formula is C22H10N4. The maximum absolute atomic E-state index is 9.74. The summed E-state index contributed by atoms with van der Waals surface area (Å²) in [6.45, 7) is 0. The first kappa shape index (κ1) is 14.3. The fourth-order valence-corrected chi connectivity index (χ4v) is 3.57. The number of aromatic nitrogens is 2. The van der Waals surface area contributed by atoms with Gasteiger partial charge < -0.3 is 0 Å². The Morgan fingerprint density at radius 1 is 0.615 bits per heavy atom. The molecule has 0 saturated carbocycles. The molecule has 4 aromatic carbocycles. The van der Waals surface area contributed by atoms with E-state index in [1.54, 1.807) is 6.07 Å². The molecule has 5 aromatic rings. The Kier molecular flexibility index (Phi) is 2.89. The molecule has 0 bridgehead atoms. The molecule has 0 amide bonds. The number of hydrogen-bond donors (Lipinski definition) is 0. The van der Waals surface area contributed by atoms with Crippen LogP contribution in [0.4, 0.5) is 0 Å². The molecule has 26 heavy (non-hydrogen) atoms. The smallest absolute Gasteiger partial charge is 0.101 e. The number of benzene rings is 4. The van der Waals surface area contributed by atoms with Gasteiger partial charge in [-0.3, -0.25) is 0 Å². The first-order valence-corrected chi connectivity index (χ1v) is 8.16. The maximum atomic E-state index is 9.74. The van der Waals surface area contributed by atoms with E-state index in [1.165, 1.54) is 0 Å². The Labute approximate surface area is 148 Å². The van der Waals surface area contributed by atoms with E-state index in [0.29, 0.717) is 22.0 Å². The summed E-state index contributed by atoms with van der Waals surface area (Å²) in [4.78, 5) is 9.65. The number of nitrogens with zero attached hydrogens (tertiary/aromatic N) is 4. The van der Waals surface area contributed by atoms with Crippen LogP contribution < -0.4 is 0 Å². The van der Waals surface area contributed by atoms with Gasteiger partial charge in [0.1, 0.15) is 12.1 Å². The van der Waals surface area contributed by atoms with Crippen molar-refractivity contribution in [3.05, 3.63) is 71.8 Å². The van der Waals surface area contributed by atoms with Crippen LogP contribution in [0.2, 0.25) is 0 Å². The van der Waals surface area contributed by atoms with Crippen LogP contribution in [0.5, 0.6) is 0 Å². The normalized spacial score (nSPS) is 11.0. The molecule has 0 unspecified atom stereocenters. The summed E-state index contributed by atoms with van der Waals surface area (Å²) in [5, 5.41) is 22.8. The van der Waals surface area contributed by atoms with Gasteiger partial charge >= 0.3 is 0 Å². The third-order valence-electron chi connectivity index (χ3n) is 4.72. The van der Waals surface area contributed by atoms with Crippen LogP contribution in [0, 0.1) is 22.7 Å². The summed E-state index contributed by atoms with van der Waals surface area (Å²) in [6.07, 6.45) is 0. The van der Waals surface area contributed by atoms with Crippen molar-refractivity contribution in [3.63, 3.8) is 0 Å². The Balaban J connectivity index is 2.20. The minimum Gasteiger partial charge on any atom is -0.244 e. The molecule has 118 valence electrons. The number of para-hydroxylation sites is 2. The van der Waals surface area contributed by atoms with Crippen molar-refractivity contribution >= 4 is 43.6 Å². The summed E-state index contributed by atoms with van der Waals surface area (Å²) < 4.78 is 0. The van der Waals surface area contributed by atoms with Crippen molar-refractivity contribution in [2.45, 2.75) is 0 Å². The first-order chi connectivity index (χ1) is 12.8. The molecule has 0 aliphatic rings. The summed E-state index contributed by atoms with van der Waals surface area (Å²) in [7, 11) is 0. The van der Waals surface area contributed by atoms with Crippen molar-refractivity contribution in [1.29, 1.82) is 10.5 Å². The molecule has 0 spiro atoms. The van der Waals surface area contributed by atoms with Gasteiger partial charge in [-0.1, -0.05) is 42.5 Å². The van der Waals surface area contributed by atoms with Gasteiger partial charge in [0.25, 0.3) is 0 Å². The average molecular weight is 330 g/mol. The molecule has 0 atom stereocenters. The first-order valence-electron chi connectivity index (χ1n) is 8.16. The van der Waals surface area contributed by atoms with Gasteiger partial charge in [-0.15, -0.1) is 0 Å². The van der Waals surface area contributed by atoms with Gasteiger partial charge in [0.15, 0.2) is 0 Å². The molecule has 0 aliphatic carbocycles. The number of nitriles is 2. The Bertz CT molecular complexity index is 1450. The molecule has 0 N–H and O–H groups in total. The number of rotatable bonds is 0. The zero-order valence-electron chi connectivity index (χ0n) is 13.6. The molecule has 5 rings (SSSR count). The Hall–Kier alpha value is -4.02. The SMILES string of the molecule is N#Cc1ccc2c3ccccc3c3nc4ccccc4nc3c2c1C#N. The highest BCUT2D eigenvalue weighted by Crippen LogP contribution is 2.36. The fourth-order valence-electron chi connectivity index (χ4n) is 3.57. The molecule has 0 radical (unpaired) electrons. The van der Waals surface area contributed by atoms with Gasteiger partial charge in [-0.05, 0) is 29.0 Å². The zero-order chi connectivity index (χ0) is 17.7. The topological polar surface area (TPSA) is 73.4 Å². The van der Waals surface area contributed by atoms with E-state index in [4.69, 9.17) is 9.97 Å². The van der Waals surface area contributed by atoms with E-state index in [-0.39, 0.29) is 0 Å². The standard InChI is InChI=1S/C22H10N4/c23-11-13-9-10-15-14-5-1-2-6-16(14)21-22(20(15)17(13)12-24)26-19-8-4-3-7-18(19)25-21/h1-10H. The van der Waals surface area contributed by atoms with E-state index in [2.05, 4.69) is 12.1 Å². The molecule has 4 heteroatoms. The van der Waals surface area contributed by atoms with Crippen molar-refractivity contribution < 1.29 is 0 Å². The lowest BCUT2D eigenvalue weighted by Crippen LogP contribution is -1.95. The van der Waals surface area contributed by atoms with Crippen molar-refractivity contribution in [1.82, 2.24) is 9.97 Å². The van der Waals surface area contributed by atoms with Gasteiger partial charge in [0.2, 0.25) is 0 Å². The van der Waals surface area contributed by atoms with Crippen LogP contribution in [-0.4, -0.2) is 9.97 Å². The number of hydrogen-bond acceptors (Lipinski definition) is 4. The third-order valence-corrected chi connectivity index (χ3v) is 4.72. The van der Waals surface area contributed by atoms with Gasteiger partial charge in [-0.2, -0.15) is 10.5 Å². The molecule has 0 aliphatic heterocycles. The van der Waals surface area contributed by atoms with Gasteiger partial charge in [0.05, 0.1) is 33.2 Å². The van der Waals surface area contributed by atoms with Crippen LogP contribution in [0.25, 0.3) is 43.6 Å². The lowest BCUT2D eigenvalue weighted by Gasteiger charge is -2.11. The predicted octanol–water partition coefficient (Wildman–Crippen LogP) is 4.83. The maximum Gasteiger partial charge on any atom is 0.101 e. The Morgan fingerprint density at radius 3 is 1.96 bits per heavy atom. The van der Waals surface area contributed by atoms with Crippen LogP contribution in [0.3, 0.4) is 0 Å². The quantitative estimate of drug-likeness (QED) is 0.301. The van der Waals surface area contributed by atoms with E-state index in [9.17, 15) is 10.5 Å². The molecule has 0 fully saturated rings. The van der Waals surface area contributed by atoms with Crippen molar-refractivity contribution in [3.8, 4) is 12.1 Å². The second-order valence-electron chi connectivity index (χ2n) is 6.09. The predicted molar refractivity (Wildman–Crippen MR) is 101 cm³/mol. The minimum atomic E-state index is 0.352. The van der Waals surface area contributed by atoms with E-state index < -0.39 is 0 Å². The second-order valence-corrected chi connectivity index (χ2v) is 6.09. The van der Waals surface area contributed by atoms with Gasteiger partial charge in [-0.25, -0.2) is 9.97 Å². The lowest BCUT2D eigenvalue weighted by atomic mass is 9.94. The van der Waals surface area contributed by atoms with Crippen LogP contribution >= 0.6 is 0 Å². The largest absolute Gasteiger partial charge is 0.244 e. The van der Waals surface area contributed by atoms with Crippen LogP contribution in [-0.2, 0) is 0 Å². The zero-order valence-corrected chi connectivity index (χ0v) is 13.6. The molecule has 1 heterocycles. The second kappa shape index (κ2) is 5.24. The molecule has 1 aromatic heterocycles. The number of fused-ring (bicyclic) bond motifs is 7. The van der Waals surface area contributed by atoms with Crippen LogP contribution in [0.15, 0.2) is 60.7 Å². The Morgan fingerprint density at radius 2 is 1.27 bits per heavy atom. The highest BCUT2D eigenvalue weighted by molar-refractivity contribution is 6.25. The van der Waals surface area contributed by atoms with E-state index in [0.717, 1.165) is 32.7 Å². The summed E-state index contributed by atoms with van der Waals surface area (Å²) >= 11 is 0. The van der Waals surface area contributed by atoms with E-state index in [1.807, 2.05) is 54.6 Å². The third kappa shape index (κ3) is 1.81. The summed E-state index contributed by atoms with van der Waals surface area (Å²) in [6, 6.07) is 23.6. The summed E-state index contributed by atoms with van der Waals surface area (Å²) in [5.41, 5.74) is 3.68. The van der Waals surface area contributed by atoms with Gasteiger partial charge in [0, 0.05) is 10.8 Å². The molecule has 0 saturated heterocycles. The molecular weight excluding hydrogens is 320 g/mol. The average Bonchev–Trinajstić information content (AvgIpc) is 2.71. The lowest BCUT2D eigenvalue weighted by molar-refractivity contribution is 1.41. The highest BCUT2D eigenvalue weighted by Gasteiger charge is 2.17. The van der Waals surface area contributed by atoms with E-state index >= 15 is 0 Å². The monoisotopic (exact) mass is 330 g/mol. The van der Waals surface area contributed by atoms with Crippen LogP contribution in [0.1, 0.15) is 11.1 Å². The van der Waals surface area contributed by atoms with Crippen molar-refractivity contribution in [2.24, 2.45) is 0 Å². The molecule has 4 nitrogen and oxygen atoms in total. The fraction of sp³-hybridized carbons (Fsp3) is 0. The minimum absolute atomic E-state index is 0.352. The summed E-state index contributed by atoms with van der Waals surface area (Å²) in [5.74, 6) is 0. The van der Waals surface area contributed by atoms with Crippen molar-refractivity contribution in [2.75, 3.05) is 0 Å². The highest BCUT2D eigenvalue weighted by atomic mass is 14.8.